The van der Waals surface area contributed by atoms with Crippen molar-refractivity contribution in [2.45, 2.75) is 31.0 Å². The maximum Gasteiger partial charge on any atom is 0.407 e. The number of hydrogen-bond acceptors (Lipinski definition) is 6. The molecule has 34 heavy (non-hydrogen) atoms. The fourth-order valence-corrected chi connectivity index (χ4v) is 4.11. The third kappa shape index (κ3) is 5.73. The highest BCUT2D eigenvalue weighted by molar-refractivity contribution is 5.89. The van der Waals surface area contributed by atoms with Crippen LogP contribution >= 0.6 is 0 Å². The highest BCUT2D eigenvalue weighted by Gasteiger charge is 2.32. The molecule has 0 saturated carbocycles. The van der Waals surface area contributed by atoms with E-state index in [4.69, 9.17) is 9.47 Å². The molecule has 2 aromatic carbocycles. The fourth-order valence-electron chi connectivity index (χ4n) is 4.11. The van der Waals surface area contributed by atoms with Crippen molar-refractivity contribution in [3.05, 3.63) is 59.7 Å². The molecule has 0 radical (unpaired) electrons. The van der Waals surface area contributed by atoms with Gasteiger partial charge in [-0.3, -0.25) is 4.79 Å². The standard InChI is InChI=1S/C25H31N3O6/c1-15(33-4)22(24(30)31)27-23(29)21(13-28(2)3)26-25(32)34-14-20-18-11-7-5-9-16(18)17-10-6-8-12-19(17)20/h5-12,15,20-22H,13-14H2,1-4H3,(H,26,32)(H,27,29)(H,30,31)/t15-,21+,22+/m1/s1. The number of methoxy groups -OCH3 is 1. The Bertz CT molecular complexity index is 995. The van der Waals surface area contributed by atoms with E-state index in [0.717, 1.165) is 22.3 Å². The van der Waals surface area contributed by atoms with Gasteiger partial charge in [-0.05, 0) is 43.3 Å². The van der Waals surface area contributed by atoms with E-state index >= 15 is 0 Å². The molecule has 182 valence electrons. The molecular weight excluding hydrogens is 438 g/mol. The van der Waals surface area contributed by atoms with E-state index in [-0.39, 0.29) is 19.1 Å². The van der Waals surface area contributed by atoms with Crippen LogP contribution in [0.3, 0.4) is 0 Å². The maximum absolute atomic E-state index is 12.8. The number of carboxylic acids is 1. The van der Waals surface area contributed by atoms with E-state index in [2.05, 4.69) is 10.6 Å². The summed E-state index contributed by atoms with van der Waals surface area (Å²) in [5.41, 5.74) is 4.39. The Hall–Kier alpha value is -3.43. The average Bonchev–Trinajstić information content (AvgIpc) is 3.13. The first-order valence-electron chi connectivity index (χ1n) is 11.0. The second kappa shape index (κ2) is 11.1. The minimum absolute atomic E-state index is 0.106. The molecule has 0 aromatic heterocycles. The summed E-state index contributed by atoms with van der Waals surface area (Å²) in [7, 11) is 4.84. The van der Waals surface area contributed by atoms with Gasteiger partial charge in [-0.15, -0.1) is 0 Å². The van der Waals surface area contributed by atoms with E-state index in [1.165, 1.54) is 7.11 Å². The molecule has 2 amide bonds. The Balaban J connectivity index is 1.67. The smallest absolute Gasteiger partial charge is 0.407 e. The Morgan fingerprint density at radius 3 is 2.06 bits per heavy atom. The van der Waals surface area contributed by atoms with Gasteiger partial charge in [0.05, 0.1) is 6.10 Å². The predicted octanol–water partition coefficient (Wildman–Crippen LogP) is 2.06. The molecule has 0 heterocycles. The number of carbonyl (C=O) groups excluding carboxylic acids is 2. The van der Waals surface area contributed by atoms with Crippen molar-refractivity contribution in [2.24, 2.45) is 0 Å². The number of nitrogens with zero attached hydrogens (tertiary/aromatic N) is 1. The highest BCUT2D eigenvalue weighted by Crippen LogP contribution is 2.44. The minimum atomic E-state index is -1.26. The number of nitrogens with one attached hydrogen (secondary N) is 2. The van der Waals surface area contributed by atoms with Crippen LogP contribution in [0.4, 0.5) is 4.79 Å². The van der Waals surface area contributed by atoms with Gasteiger partial charge in [0.2, 0.25) is 5.91 Å². The number of fused-ring (bicyclic) bond motifs is 3. The van der Waals surface area contributed by atoms with Gasteiger partial charge in [0.15, 0.2) is 6.04 Å². The molecule has 0 unspecified atom stereocenters. The molecule has 1 aliphatic rings. The Kier molecular flexibility index (Phi) is 8.25. The molecule has 3 atom stereocenters. The van der Waals surface area contributed by atoms with Crippen molar-refractivity contribution in [1.82, 2.24) is 15.5 Å². The number of carboxylic acid groups (broad SMARTS) is 1. The van der Waals surface area contributed by atoms with E-state index in [0.29, 0.717) is 0 Å². The monoisotopic (exact) mass is 469 g/mol. The number of hydrogen-bond donors (Lipinski definition) is 3. The first-order chi connectivity index (χ1) is 16.2. The molecule has 0 aliphatic heterocycles. The van der Waals surface area contributed by atoms with Crippen LogP contribution in [-0.4, -0.2) is 80.5 Å². The number of aliphatic carboxylic acids is 1. The highest BCUT2D eigenvalue weighted by atomic mass is 16.5. The van der Waals surface area contributed by atoms with Gasteiger partial charge in [-0.1, -0.05) is 48.5 Å². The molecule has 9 nitrogen and oxygen atoms in total. The second-order valence-electron chi connectivity index (χ2n) is 8.55. The summed E-state index contributed by atoms with van der Waals surface area (Å²) < 4.78 is 10.6. The Morgan fingerprint density at radius 2 is 1.56 bits per heavy atom. The largest absolute Gasteiger partial charge is 0.480 e. The van der Waals surface area contributed by atoms with Crippen LogP contribution in [-0.2, 0) is 19.1 Å². The third-order valence-corrected chi connectivity index (χ3v) is 5.90. The van der Waals surface area contributed by atoms with Crippen LogP contribution in [0.25, 0.3) is 11.1 Å². The number of alkyl carbamates (subject to hydrolysis) is 1. The van der Waals surface area contributed by atoms with Crippen LogP contribution in [0.15, 0.2) is 48.5 Å². The van der Waals surface area contributed by atoms with Crippen LogP contribution in [0.5, 0.6) is 0 Å². The van der Waals surface area contributed by atoms with E-state index < -0.39 is 36.2 Å². The molecule has 3 rings (SSSR count). The number of amides is 2. The molecule has 0 spiro atoms. The van der Waals surface area contributed by atoms with Crippen molar-refractivity contribution >= 4 is 18.0 Å². The maximum atomic E-state index is 12.8. The van der Waals surface area contributed by atoms with Gasteiger partial charge in [0, 0.05) is 19.6 Å². The summed E-state index contributed by atoms with van der Waals surface area (Å²) in [5, 5.41) is 14.4. The molecule has 1 aliphatic carbocycles. The van der Waals surface area contributed by atoms with Crippen molar-refractivity contribution in [3.63, 3.8) is 0 Å². The van der Waals surface area contributed by atoms with Crippen molar-refractivity contribution < 1.29 is 29.0 Å². The first kappa shape index (κ1) is 25.2. The van der Waals surface area contributed by atoms with Gasteiger partial charge < -0.3 is 30.1 Å². The summed E-state index contributed by atoms with van der Waals surface area (Å²) in [4.78, 5) is 38.7. The molecule has 2 aromatic rings. The Labute approximate surface area is 199 Å². The van der Waals surface area contributed by atoms with Crippen molar-refractivity contribution in [2.75, 3.05) is 34.4 Å². The molecule has 9 heteroatoms. The topological polar surface area (TPSA) is 117 Å². The minimum Gasteiger partial charge on any atom is -0.480 e. The lowest BCUT2D eigenvalue weighted by molar-refractivity contribution is -0.145. The normalized spacial score (nSPS) is 15.1. The Morgan fingerprint density at radius 1 is 1.00 bits per heavy atom. The van der Waals surface area contributed by atoms with E-state index in [1.54, 1.807) is 25.9 Å². The van der Waals surface area contributed by atoms with Gasteiger partial charge in [0.1, 0.15) is 12.6 Å². The van der Waals surface area contributed by atoms with Gasteiger partial charge >= 0.3 is 12.1 Å². The van der Waals surface area contributed by atoms with Crippen molar-refractivity contribution in [3.8, 4) is 11.1 Å². The van der Waals surface area contributed by atoms with Crippen LogP contribution in [0, 0.1) is 0 Å². The zero-order chi connectivity index (χ0) is 24.8. The lowest BCUT2D eigenvalue weighted by Crippen LogP contribution is -2.57. The predicted molar refractivity (Wildman–Crippen MR) is 127 cm³/mol. The molecule has 0 saturated heterocycles. The number of carbonyl (C=O) groups is 3. The molecule has 0 fully saturated rings. The number of ether oxygens (including phenoxy) is 2. The summed E-state index contributed by atoms with van der Waals surface area (Å²) in [6.07, 6.45) is -1.51. The lowest BCUT2D eigenvalue weighted by Gasteiger charge is -2.25. The van der Waals surface area contributed by atoms with Crippen molar-refractivity contribution in [1.29, 1.82) is 0 Å². The van der Waals surface area contributed by atoms with Gasteiger partial charge in [-0.25, -0.2) is 9.59 Å². The quantitative estimate of drug-likeness (QED) is 0.488. The molecule has 0 bridgehead atoms. The van der Waals surface area contributed by atoms with Crippen LogP contribution in [0.2, 0.25) is 0 Å². The van der Waals surface area contributed by atoms with E-state index in [9.17, 15) is 19.5 Å². The second-order valence-corrected chi connectivity index (χ2v) is 8.55. The summed E-state index contributed by atoms with van der Waals surface area (Å²) >= 11 is 0. The van der Waals surface area contributed by atoms with Gasteiger partial charge in [0.25, 0.3) is 0 Å². The zero-order valence-corrected chi connectivity index (χ0v) is 19.8. The number of likely N-dealkylation sites (N-methyl/N-ethyl adjacent to an activating group) is 1. The number of rotatable bonds is 10. The SMILES string of the molecule is CO[C@H](C)[C@H](NC(=O)[C@H](CN(C)C)NC(=O)OCC1c2ccccc2-c2ccccc21)C(=O)O. The fraction of sp³-hybridized carbons (Fsp3) is 0.400. The van der Waals surface area contributed by atoms with E-state index in [1.807, 2.05) is 48.5 Å². The summed E-state index contributed by atoms with van der Waals surface area (Å²) in [5.74, 6) is -1.98. The third-order valence-electron chi connectivity index (χ3n) is 5.90. The first-order valence-corrected chi connectivity index (χ1v) is 11.0. The molecule has 3 N–H and O–H groups in total. The average molecular weight is 470 g/mol. The van der Waals surface area contributed by atoms with Crippen LogP contribution < -0.4 is 10.6 Å². The van der Waals surface area contributed by atoms with Gasteiger partial charge in [-0.2, -0.15) is 0 Å². The number of benzene rings is 2. The zero-order valence-electron chi connectivity index (χ0n) is 19.8. The summed E-state index contributed by atoms with van der Waals surface area (Å²) in [6, 6.07) is 13.7. The lowest BCUT2D eigenvalue weighted by atomic mass is 9.98. The molecular formula is C25H31N3O6. The van der Waals surface area contributed by atoms with Crippen LogP contribution in [0.1, 0.15) is 24.0 Å². The summed E-state index contributed by atoms with van der Waals surface area (Å²) in [6.45, 7) is 1.80.